The number of nitrogens with zero attached hydrogens (tertiary/aromatic N) is 2. The molecule has 0 fully saturated rings. The molecule has 22 heavy (non-hydrogen) atoms. The molecule has 0 aliphatic carbocycles. The molecule has 110 valence electrons. The summed E-state index contributed by atoms with van der Waals surface area (Å²) in [5.74, 6) is 1.98. The van der Waals surface area contributed by atoms with Crippen LogP contribution < -0.4 is 0 Å². The van der Waals surface area contributed by atoms with Crippen LogP contribution in [-0.2, 0) is 22.7 Å². The Morgan fingerprint density at radius 1 is 1.23 bits per heavy atom. The van der Waals surface area contributed by atoms with Crippen LogP contribution in [0.3, 0.4) is 0 Å². The van der Waals surface area contributed by atoms with Crippen LogP contribution in [0.15, 0.2) is 48.5 Å². The number of hydrogen-bond donors (Lipinski definition) is 1. The van der Waals surface area contributed by atoms with Crippen LogP contribution in [-0.4, -0.2) is 11.7 Å². The number of rotatable bonds is 6. The number of diazo groups is 1. The van der Waals surface area contributed by atoms with Crippen LogP contribution in [0.25, 0.3) is 15.7 Å². The predicted molar refractivity (Wildman–Crippen MR) is 83.0 cm³/mol. The van der Waals surface area contributed by atoms with Gasteiger partial charge in [-0.25, -0.2) is 0 Å². The van der Waals surface area contributed by atoms with Gasteiger partial charge in [-0.05, 0) is 21.9 Å². The average Bonchev–Trinajstić information content (AvgIpc) is 2.53. The van der Waals surface area contributed by atoms with Gasteiger partial charge in [-0.15, -0.1) is 6.42 Å². The smallest absolute Gasteiger partial charge is 0.429 e. The van der Waals surface area contributed by atoms with E-state index in [1.807, 2.05) is 36.4 Å². The minimum absolute atomic E-state index is 0.140. The SMILES string of the molecule is C#CCOCc1cccc2cccc(CO/C(O)=C/[N+]#N)c12. The third-order valence-electron chi connectivity index (χ3n) is 3.06. The van der Waals surface area contributed by atoms with Gasteiger partial charge >= 0.3 is 12.1 Å². The number of benzene rings is 2. The molecule has 0 radical (unpaired) electrons. The van der Waals surface area contributed by atoms with Gasteiger partial charge in [0.05, 0.1) is 6.61 Å². The highest BCUT2D eigenvalue weighted by Crippen LogP contribution is 2.25. The molecule has 0 saturated heterocycles. The van der Waals surface area contributed by atoms with Gasteiger partial charge in [-0.1, -0.05) is 42.3 Å². The van der Waals surface area contributed by atoms with E-state index in [4.69, 9.17) is 21.3 Å². The largest absolute Gasteiger partial charge is 0.476 e. The summed E-state index contributed by atoms with van der Waals surface area (Å²) < 4.78 is 10.6. The number of hydrogen-bond acceptors (Lipinski definition) is 4. The number of aliphatic hydroxyl groups is 1. The second-order valence-corrected chi connectivity index (χ2v) is 4.50. The standard InChI is InChI=1S/C17H14N2O3/c1-2-9-21-11-14-7-3-5-13-6-4-8-15(17(13)14)12-22-16(20)10-19-18/h1,3-8,10H,9,11-12H2/p+1/b16-10+. The monoisotopic (exact) mass is 295 g/mol. The maximum atomic E-state index is 9.36. The lowest BCUT2D eigenvalue weighted by Crippen LogP contribution is -1.99. The molecule has 0 amide bonds. The van der Waals surface area contributed by atoms with Crippen LogP contribution in [0, 0.1) is 17.7 Å². The second kappa shape index (κ2) is 7.68. The van der Waals surface area contributed by atoms with Gasteiger partial charge in [0.2, 0.25) is 5.39 Å². The molecular formula is C17H15N2O3+. The van der Waals surface area contributed by atoms with Crippen molar-refractivity contribution in [3.8, 4) is 12.3 Å². The van der Waals surface area contributed by atoms with Crippen LogP contribution in [0.4, 0.5) is 0 Å². The van der Waals surface area contributed by atoms with Crippen molar-refractivity contribution in [2.75, 3.05) is 6.61 Å². The fourth-order valence-corrected chi connectivity index (χ4v) is 2.20. The highest BCUT2D eigenvalue weighted by atomic mass is 16.6. The third kappa shape index (κ3) is 3.76. The summed E-state index contributed by atoms with van der Waals surface area (Å²) in [7, 11) is 0. The van der Waals surface area contributed by atoms with Crippen molar-refractivity contribution in [3.63, 3.8) is 0 Å². The van der Waals surface area contributed by atoms with E-state index in [2.05, 4.69) is 10.9 Å². The average molecular weight is 295 g/mol. The molecule has 0 bridgehead atoms. The lowest BCUT2D eigenvalue weighted by Gasteiger charge is -2.11. The van der Waals surface area contributed by atoms with Gasteiger partial charge in [0.15, 0.2) is 4.98 Å². The summed E-state index contributed by atoms with van der Waals surface area (Å²) in [4.78, 5) is 2.70. The normalized spacial score (nSPS) is 10.9. The van der Waals surface area contributed by atoms with Gasteiger partial charge in [0.25, 0.3) is 0 Å². The Balaban J connectivity index is 2.31. The van der Waals surface area contributed by atoms with Crippen LogP contribution in [0.2, 0.25) is 0 Å². The number of ether oxygens (including phenoxy) is 2. The molecule has 0 saturated carbocycles. The molecule has 0 aliphatic rings. The van der Waals surface area contributed by atoms with E-state index in [-0.39, 0.29) is 13.2 Å². The number of aliphatic hydroxyl groups excluding tert-OH is 1. The molecule has 5 nitrogen and oxygen atoms in total. The van der Waals surface area contributed by atoms with Crippen molar-refractivity contribution >= 4 is 10.8 Å². The maximum Gasteiger partial charge on any atom is 0.429 e. The first kappa shape index (κ1) is 15.4. The topological polar surface area (TPSA) is 66.8 Å². The van der Waals surface area contributed by atoms with E-state index in [9.17, 15) is 5.11 Å². The van der Waals surface area contributed by atoms with Crippen molar-refractivity contribution in [1.82, 2.24) is 0 Å². The molecule has 2 aromatic rings. The Bertz CT molecular complexity index is 764. The van der Waals surface area contributed by atoms with Crippen molar-refractivity contribution in [3.05, 3.63) is 64.6 Å². The van der Waals surface area contributed by atoms with Gasteiger partial charge < -0.3 is 14.6 Å². The molecule has 0 aromatic heterocycles. The lowest BCUT2D eigenvalue weighted by molar-refractivity contribution is 0.0833. The lowest BCUT2D eigenvalue weighted by atomic mass is 10.00. The summed E-state index contributed by atoms with van der Waals surface area (Å²) >= 11 is 0. The fraction of sp³-hybridized carbons (Fsp3) is 0.176. The van der Waals surface area contributed by atoms with Crippen molar-refractivity contribution in [2.24, 2.45) is 0 Å². The Hall–Kier alpha value is -3.02. The van der Waals surface area contributed by atoms with Crippen molar-refractivity contribution < 1.29 is 14.6 Å². The highest BCUT2D eigenvalue weighted by Gasteiger charge is 2.09. The van der Waals surface area contributed by atoms with Gasteiger partial charge in [-0.2, -0.15) is 0 Å². The summed E-state index contributed by atoms with van der Waals surface area (Å²) in [6.45, 7) is 0.782. The Morgan fingerprint density at radius 2 is 1.91 bits per heavy atom. The Labute approximate surface area is 128 Å². The third-order valence-corrected chi connectivity index (χ3v) is 3.06. The first-order chi connectivity index (χ1) is 10.8. The summed E-state index contributed by atoms with van der Waals surface area (Å²) in [5.41, 5.74) is 1.87. The predicted octanol–water partition coefficient (Wildman–Crippen LogP) is 3.72. The molecule has 1 N–H and O–H groups in total. The fourth-order valence-electron chi connectivity index (χ4n) is 2.20. The van der Waals surface area contributed by atoms with E-state index < -0.39 is 5.95 Å². The molecular weight excluding hydrogens is 280 g/mol. The van der Waals surface area contributed by atoms with E-state index in [1.165, 1.54) is 0 Å². The summed E-state index contributed by atoms with van der Waals surface area (Å²) in [5, 5.41) is 19.7. The quantitative estimate of drug-likeness (QED) is 0.382. The van der Waals surface area contributed by atoms with E-state index in [1.54, 1.807) is 0 Å². The first-order valence-corrected chi connectivity index (χ1v) is 6.63. The van der Waals surface area contributed by atoms with E-state index in [0.717, 1.165) is 28.1 Å². The first-order valence-electron chi connectivity index (χ1n) is 6.63. The molecule has 0 spiro atoms. The summed E-state index contributed by atoms with van der Waals surface area (Å²) in [6, 6.07) is 11.7. The molecule has 0 unspecified atom stereocenters. The number of terminal acetylenes is 1. The Kier molecular flexibility index (Phi) is 5.37. The van der Waals surface area contributed by atoms with Crippen molar-refractivity contribution in [1.29, 1.82) is 5.39 Å². The molecule has 0 atom stereocenters. The minimum atomic E-state index is -0.458. The van der Waals surface area contributed by atoms with Gasteiger partial charge in [-0.3, -0.25) is 0 Å². The zero-order chi connectivity index (χ0) is 15.8. The maximum absolute atomic E-state index is 9.36. The number of fused-ring (bicyclic) bond motifs is 1. The van der Waals surface area contributed by atoms with Crippen LogP contribution >= 0.6 is 0 Å². The minimum Gasteiger partial charge on any atom is -0.476 e. The molecule has 2 rings (SSSR count). The van der Waals surface area contributed by atoms with Gasteiger partial charge in [0.1, 0.15) is 13.2 Å². The zero-order valence-electron chi connectivity index (χ0n) is 11.9. The van der Waals surface area contributed by atoms with Crippen molar-refractivity contribution in [2.45, 2.75) is 13.2 Å². The zero-order valence-corrected chi connectivity index (χ0v) is 11.9. The van der Waals surface area contributed by atoms with E-state index in [0.29, 0.717) is 6.61 Å². The van der Waals surface area contributed by atoms with E-state index >= 15 is 0 Å². The molecule has 0 heterocycles. The Morgan fingerprint density at radius 3 is 2.55 bits per heavy atom. The molecule has 5 heteroatoms. The van der Waals surface area contributed by atoms with Crippen LogP contribution in [0.1, 0.15) is 11.1 Å². The molecule has 2 aromatic carbocycles. The highest BCUT2D eigenvalue weighted by molar-refractivity contribution is 5.88. The second-order valence-electron chi connectivity index (χ2n) is 4.50. The van der Waals surface area contributed by atoms with Crippen LogP contribution in [0.5, 0.6) is 0 Å². The van der Waals surface area contributed by atoms with Gasteiger partial charge in [0, 0.05) is 0 Å². The molecule has 0 aliphatic heterocycles. The summed E-state index contributed by atoms with van der Waals surface area (Å²) in [6.07, 6.45) is 6.01.